The number of hydrogen-bond donors (Lipinski definition) is 2. The number of carbonyl (C=O) groups is 1. The van der Waals surface area contributed by atoms with Crippen LogP contribution in [0.2, 0.25) is 0 Å². The van der Waals surface area contributed by atoms with Crippen LogP contribution < -0.4 is 20.2 Å². The van der Waals surface area contributed by atoms with Crippen LogP contribution in [-0.2, 0) is 5.54 Å². The first-order valence-electron chi connectivity index (χ1n) is 8.34. The average Bonchev–Trinajstić information content (AvgIpc) is 3.12. The summed E-state index contributed by atoms with van der Waals surface area (Å²) in [5.74, 6) is 0.521. The van der Waals surface area contributed by atoms with Gasteiger partial charge in [-0.05, 0) is 44.2 Å². The van der Waals surface area contributed by atoms with Gasteiger partial charge < -0.3 is 10.1 Å². The van der Waals surface area contributed by atoms with Crippen LogP contribution in [0.3, 0.4) is 0 Å². The highest BCUT2D eigenvalue weighted by atomic mass is 32.9. The third-order valence-corrected chi connectivity index (χ3v) is 7.00. The predicted octanol–water partition coefficient (Wildman–Crippen LogP) is 3.79. The number of hydrogen-bond acceptors (Lipinski definition) is 7. The molecule has 0 spiro atoms. The van der Waals surface area contributed by atoms with E-state index in [4.69, 9.17) is 4.74 Å². The second kappa shape index (κ2) is 6.79. The molecule has 8 heteroatoms. The van der Waals surface area contributed by atoms with Gasteiger partial charge in [0, 0.05) is 34.8 Å². The van der Waals surface area contributed by atoms with Crippen LogP contribution in [-0.4, -0.2) is 18.0 Å². The molecule has 6 nitrogen and oxygen atoms in total. The molecular weight excluding hydrogens is 380 g/mol. The molecule has 3 aromatic rings. The Labute approximate surface area is 163 Å². The minimum absolute atomic E-state index is 0.221. The number of pyridine rings is 1. The molecule has 0 saturated carbocycles. The molecule has 2 N–H and O–H groups in total. The Morgan fingerprint density at radius 1 is 1.22 bits per heavy atom. The van der Waals surface area contributed by atoms with Crippen molar-refractivity contribution in [1.82, 2.24) is 10.4 Å². The quantitative estimate of drug-likeness (QED) is 0.520. The molecule has 1 aromatic carbocycles. The molecule has 1 amide bonds. The number of ether oxygens (including phenoxy) is 1. The summed E-state index contributed by atoms with van der Waals surface area (Å²) in [7, 11) is 4.87. The number of rotatable bonds is 3. The Hall–Kier alpha value is -2.71. The van der Waals surface area contributed by atoms with Gasteiger partial charge in [0.1, 0.15) is 5.75 Å². The number of nitrogens with one attached hydrogen (secondary N) is 2. The Kier molecular flexibility index (Phi) is 4.45. The van der Waals surface area contributed by atoms with E-state index in [1.165, 1.54) is 4.88 Å². The molecule has 3 heterocycles. The monoisotopic (exact) mass is 398 g/mol. The topological polar surface area (TPSA) is 75.6 Å². The molecule has 0 unspecified atom stereocenters. The predicted molar refractivity (Wildman–Crippen MR) is 108 cm³/mol. The summed E-state index contributed by atoms with van der Waals surface area (Å²) in [6.45, 7) is 4.28. The van der Waals surface area contributed by atoms with Crippen LogP contribution in [0.5, 0.6) is 5.75 Å². The van der Waals surface area contributed by atoms with Gasteiger partial charge in [0.15, 0.2) is 4.67 Å². The van der Waals surface area contributed by atoms with Gasteiger partial charge in [-0.1, -0.05) is 20.7 Å². The summed E-state index contributed by atoms with van der Waals surface area (Å²) < 4.78 is 6.17. The SMILES string of the molecule is COc1ccc2c(c1)-c1c(ss/c1=N/NC(=O)c1ccncc1)C(C)(C)N2. The third-order valence-electron chi connectivity index (χ3n) is 4.36. The number of amides is 1. The molecule has 138 valence electrons. The van der Waals surface area contributed by atoms with Crippen molar-refractivity contribution in [2.24, 2.45) is 5.10 Å². The van der Waals surface area contributed by atoms with Crippen molar-refractivity contribution in [3.8, 4) is 16.9 Å². The Morgan fingerprint density at radius 2 is 2.00 bits per heavy atom. The molecule has 0 aliphatic carbocycles. The van der Waals surface area contributed by atoms with Gasteiger partial charge in [0.25, 0.3) is 5.91 Å². The summed E-state index contributed by atoms with van der Waals surface area (Å²) in [5, 5.41) is 7.99. The molecule has 0 bridgehead atoms. The number of benzene rings is 1. The highest BCUT2D eigenvalue weighted by Gasteiger charge is 2.33. The average molecular weight is 399 g/mol. The van der Waals surface area contributed by atoms with Gasteiger partial charge in [-0.3, -0.25) is 9.78 Å². The molecule has 2 aromatic heterocycles. The number of fused-ring (bicyclic) bond motifs is 3. The van der Waals surface area contributed by atoms with E-state index in [9.17, 15) is 4.79 Å². The van der Waals surface area contributed by atoms with E-state index in [0.717, 1.165) is 27.2 Å². The Morgan fingerprint density at radius 3 is 2.74 bits per heavy atom. The van der Waals surface area contributed by atoms with Gasteiger partial charge in [-0.2, -0.15) is 5.10 Å². The number of aromatic nitrogens is 1. The summed E-state index contributed by atoms with van der Waals surface area (Å²) in [5.41, 5.74) is 6.05. The molecule has 0 atom stereocenters. The number of anilines is 1. The van der Waals surface area contributed by atoms with Crippen LogP contribution >= 0.6 is 20.7 Å². The largest absolute Gasteiger partial charge is 0.497 e. The Bertz CT molecular complexity index is 1070. The van der Waals surface area contributed by atoms with Crippen LogP contribution in [0.15, 0.2) is 47.8 Å². The number of nitrogens with zero attached hydrogens (tertiary/aromatic N) is 2. The standard InChI is InChI=1S/C19H18N4O2S2/c1-19(2)16-15(13-10-12(25-3)4-5-14(13)21-19)18(27-26-16)23-22-17(24)11-6-8-20-9-7-11/h4-10,21H,1-3H3,(H,22,24)/b23-18+. The van der Waals surface area contributed by atoms with Gasteiger partial charge in [-0.25, -0.2) is 5.43 Å². The van der Waals surface area contributed by atoms with E-state index in [2.05, 4.69) is 34.7 Å². The molecule has 1 aliphatic heterocycles. The maximum atomic E-state index is 12.3. The summed E-state index contributed by atoms with van der Waals surface area (Å²) >= 11 is 0. The summed E-state index contributed by atoms with van der Waals surface area (Å²) in [6, 6.07) is 9.26. The molecule has 0 radical (unpaired) electrons. The molecule has 4 rings (SSSR count). The first-order chi connectivity index (χ1) is 13.0. The van der Waals surface area contributed by atoms with Crippen LogP contribution in [0.25, 0.3) is 11.1 Å². The summed E-state index contributed by atoms with van der Waals surface area (Å²) in [4.78, 5) is 17.4. The van der Waals surface area contributed by atoms with Gasteiger partial charge in [-0.15, -0.1) is 0 Å². The fraction of sp³-hybridized carbons (Fsp3) is 0.211. The zero-order chi connectivity index (χ0) is 19.0. The first kappa shape index (κ1) is 17.7. The fourth-order valence-electron chi connectivity index (χ4n) is 3.02. The lowest BCUT2D eigenvalue weighted by Gasteiger charge is -2.33. The van der Waals surface area contributed by atoms with Crippen LogP contribution in [0, 0.1) is 0 Å². The minimum Gasteiger partial charge on any atom is -0.497 e. The molecule has 0 saturated heterocycles. The molecule has 1 aliphatic rings. The molecular formula is C19H18N4O2S2. The smallest absolute Gasteiger partial charge is 0.271 e. The van der Waals surface area contributed by atoms with E-state index in [1.807, 2.05) is 18.2 Å². The van der Waals surface area contributed by atoms with Crippen molar-refractivity contribution < 1.29 is 9.53 Å². The van der Waals surface area contributed by atoms with Crippen molar-refractivity contribution in [2.75, 3.05) is 12.4 Å². The molecule has 0 fully saturated rings. The van der Waals surface area contributed by atoms with E-state index in [1.54, 1.807) is 52.3 Å². The van der Waals surface area contributed by atoms with Gasteiger partial charge in [0.2, 0.25) is 0 Å². The maximum absolute atomic E-state index is 12.3. The first-order valence-corrected chi connectivity index (χ1v) is 10.5. The van der Waals surface area contributed by atoms with E-state index in [0.29, 0.717) is 5.56 Å². The van der Waals surface area contributed by atoms with Crippen molar-refractivity contribution >= 4 is 32.3 Å². The lowest BCUT2D eigenvalue weighted by Crippen LogP contribution is -2.32. The lowest BCUT2D eigenvalue weighted by atomic mass is 9.90. The minimum atomic E-state index is -0.261. The second-order valence-electron chi connectivity index (χ2n) is 6.63. The summed E-state index contributed by atoms with van der Waals surface area (Å²) in [6.07, 6.45) is 3.17. The highest BCUT2D eigenvalue weighted by Crippen LogP contribution is 2.46. The van der Waals surface area contributed by atoms with E-state index < -0.39 is 0 Å². The number of methoxy groups -OCH3 is 1. The zero-order valence-electron chi connectivity index (χ0n) is 15.1. The van der Waals surface area contributed by atoms with Crippen molar-refractivity contribution in [1.29, 1.82) is 0 Å². The maximum Gasteiger partial charge on any atom is 0.271 e. The Balaban J connectivity index is 1.79. The second-order valence-corrected chi connectivity index (χ2v) is 8.75. The van der Waals surface area contributed by atoms with Gasteiger partial charge >= 0.3 is 0 Å². The van der Waals surface area contributed by atoms with Crippen LogP contribution in [0.4, 0.5) is 5.69 Å². The number of carbonyl (C=O) groups excluding carboxylic acids is 1. The van der Waals surface area contributed by atoms with Crippen LogP contribution in [0.1, 0.15) is 29.1 Å². The lowest BCUT2D eigenvalue weighted by molar-refractivity contribution is 0.0953. The van der Waals surface area contributed by atoms with Crippen molar-refractivity contribution in [3.05, 3.63) is 57.8 Å². The van der Waals surface area contributed by atoms with Crippen molar-refractivity contribution in [2.45, 2.75) is 19.4 Å². The van der Waals surface area contributed by atoms with Crippen molar-refractivity contribution in [3.63, 3.8) is 0 Å². The van der Waals surface area contributed by atoms with E-state index in [-0.39, 0.29) is 11.4 Å². The van der Waals surface area contributed by atoms with E-state index >= 15 is 0 Å². The zero-order valence-corrected chi connectivity index (χ0v) is 16.7. The fourth-order valence-corrected chi connectivity index (χ4v) is 5.90. The highest BCUT2D eigenvalue weighted by molar-refractivity contribution is 7.68. The third kappa shape index (κ3) is 3.22. The van der Waals surface area contributed by atoms with Gasteiger partial charge in [0.05, 0.1) is 17.5 Å². The molecule has 27 heavy (non-hydrogen) atoms. The normalized spacial score (nSPS) is 14.7.